The highest BCUT2D eigenvalue weighted by atomic mass is 16.3. The molecule has 20 nitrogen and oxygen atoms in total. The number of benzene rings is 2. The molecule has 0 aliphatic carbocycles. The van der Waals surface area contributed by atoms with Crippen LogP contribution in [0.4, 0.5) is 17.5 Å². The van der Waals surface area contributed by atoms with E-state index in [2.05, 4.69) is 149 Å². The summed E-state index contributed by atoms with van der Waals surface area (Å²) >= 11 is 0. The molecule has 9 aliphatic rings. The van der Waals surface area contributed by atoms with Crippen molar-refractivity contribution in [2.45, 2.75) is 110 Å². The number of nitrogens with one attached hydrogen (secondary N) is 1. The first kappa shape index (κ1) is 60.8. The van der Waals surface area contributed by atoms with Crippen LogP contribution in [0.15, 0.2) is 159 Å². The van der Waals surface area contributed by atoms with Crippen LogP contribution in [-0.2, 0) is 25.9 Å². The summed E-state index contributed by atoms with van der Waals surface area (Å²) in [7, 11) is 0. The molecule has 94 heavy (non-hydrogen) atoms. The maximum Gasteiger partial charge on any atom is 0.134 e. The number of fused-ring (bicyclic) bond motifs is 9. The molecule has 11 aromatic rings. The van der Waals surface area contributed by atoms with Crippen LogP contribution in [0, 0.1) is 40.9 Å². The quantitative estimate of drug-likeness (QED) is 0.103. The van der Waals surface area contributed by atoms with Gasteiger partial charge in [0.25, 0.3) is 0 Å². The number of rotatable bonds is 12. The molecule has 9 aliphatic heterocycles. The van der Waals surface area contributed by atoms with Crippen LogP contribution in [0.3, 0.4) is 0 Å². The smallest absolute Gasteiger partial charge is 0.134 e. The highest BCUT2D eigenvalue weighted by molar-refractivity contribution is 5.87. The molecule has 0 radical (unpaired) electrons. The Labute approximate surface area is 546 Å². The molecule has 9 fully saturated rings. The number of nitrogens with zero attached hydrogens (tertiary/aromatic N) is 17. The lowest BCUT2D eigenvalue weighted by molar-refractivity contribution is -0.00870. The first-order chi connectivity index (χ1) is 45.5. The summed E-state index contributed by atoms with van der Waals surface area (Å²) in [4.78, 5) is 26.6. The van der Waals surface area contributed by atoms with Crippen LogP contribution in [0.25, 0.3) is 49.9 Å². The molecule has 9 aromatic heterocycles. The molecule has 472 valence electrons. The van der Waals surface area contributed by atoms with Crippen molar-refractivity contribution in [2.75, 3.05) is 54.0 Å². The van der Waals surface area contributed by atoms with Gasteiger partial charge in [0.05, 0.1) is 64.2 Å². The monoisotopic (exact) mass is 1250 g/mol. The number of hydrogen-bond acceptors (Lipinski definition) is 17. The number of aromatic nitrogens is 9. The molecular weight excluding hydrogens is 1170 g/mol. The van der Waals surface area contributed by atoms with Gasteiger partial charge in [0.15, 0.2) is 0 Å². The summed E-state index contributed by atoms with van der Waals surface area (Å²) in [5.41, 5.74) is 15.6. The second-order valence-electron chi connectivity index (χ2n) is 25.5. The normalized spacial score (nSPS) is 20.1. The molecular formula is C74H74N18O2. The molecule has 20 rings (SSSR count). The minimum absolute atomic E-state index is 0. The third-order valence-corrected chi connectivity index (χ3v) is 19.7. The van der Waals surface area contributed by atoms with Gasteiger partial charge in [0, 0.05) is 147 Å². The molecule has 20 heteroatoms. The van der Waals surface area contributed by atoms with E-state index in [1.54, 1.807) is 33.6 Å². The fraction of sp³-hybridized carbons (Fsp3) is 0.311. The minimum atomic E-state index is 0. The van der Waals surface area contributed by atoms with Crippen molar-refractivity contribution in [1.82, 2.24) is 58.9 Å². The molecule has 6 atom stereocenters. The van der Waals surface area contributed by atoms with Gasteiger partial charge < -0.3 is 30.2 Å². The van der Waals surface area contributed by atoms with E-state index in [1.807, 2.05) is 49.8 Å². The molecule has 18 heterocycles. The van der Waals surface area contributed by atoms with Gasteiger partial charge in [0.1, 0.15) is 47.2 Å². The Bertz CT molecular complexity index is 4460. The van der Waals surface area contributed by atoms with E-state index in [-0.39, 0.29) is 18.9 Å². The van der Waals surface area contributed by atoms with Crippen LogP contribution < -0.4 is 20.0 Å². The predicted molar refractivity (Wildman–Crippen MR) is 363 cm³/mol. The van der Waals surface area contributed by atoms with Gasteiger partial charge in [0.2, 0.25) is 0 Å². The second-order valence-corrected chi connectivity index (χ2v) is 25.5. The van der Waals surface area contributed by atoms with Crippen molar-refractivity contribution in [3.63, 3.8) is 0 Å². The highest BCUT2D eigenvalue weighted by Gasteiger charge is 2.46. The third kappa shape index (κ3) is 11.6. The standard InChI is InChI=1S/C28H28N6.C27H26N6O.C18H16N6O.CH4/c1-3-20-4-6-21(7-5-20)16-33-24-11-25(33)18-32(17-24)27-9-8-22(13-30-27)26-10-19(2)15-34-28(26)23(12-29)14-31-34;1-2-18-3-5-19(6-4-18)14-32-22-9-23(32)16-31(15-22)26-8-7-20(12-29-26)25-10-24(34)17-33-27(25)21(11-28)13-30-33;19-5-12-7-21-24-10-15(25)4-16(18(12)24)11-1-2-17(20-6-11)23-8-13-3-14(9-23)22-13;/h4-10,13-15,24-25H,3,11,16-18H2,1-2H3;3-8,10,12-13,17,22-23,34H,2,9,14-16H2,1H3;1-2,4,6-7,10,13-14,22,25H,3,8-9H2;1H4. The topological polar surface area (TPSA) is 231 Å². The lowest BCUT2D eigenvalue weighted by Crippen LogP contribution is -2.68. The van der Waals surface area contributed by atoms with Crippen molar-refractivity contribution >= 4 is 34.0 Å². The number of nitriles is 3. The van der Waals surface area contributed by atoms with E-state index in [0.29, 0.717) is 64.0 Å². The van der Waals surface area contributed by atoms with Gasteiger partial charge in [-0.3, -0.25) is 9.80 Å². The number of aromatic hydroxyl groups is 2. The van der Waals surface area contributed by atoms with Crippen molar-refractivity contribution in [1.29, 1.82) is 15.8 Å². The van der Waals surface area contributed by atoms with E-state index in [9.17, 15) is 26.0 Å². The molecule has 6 bridgehead atoms. The maximum atomic E-state index is 10.1. The maximum absolute atomic E-state index is 10.1. The van der Waals surface area contributed by atoms with Gasteiger partial charge in [-0.2, -0.15) is 31.1 Å². The second kappa shape index (κ2) is 25.4. The van der Waals surface area contributed by atoms with Gasteiger partial charge in [-0.25, -0.2) is 28.5 Å². The number of pyridine rings is 6. The van der Waals surface area contributed by atoms with Crippen molar-refractivity contribution in [3.05, 3.63) is 203 Å². The number of aryl methyl sites for hydroxylation is 3. The van der Waals surface area contributed by atoms with E-state index in [1.165, 1.54) is 70.8 Å². The van der Waals surface area contributed by atoms with Crippen LogP contribution >= 0.6 is 0 Å². The number of piperidine rings is 3. The molecule has 0 saturated carbocycles. The number of anilines is 3. The Kier molecular flexibility index (Phi) is 16.5. The largest absolute Gasteiger partial charge is 0.506 e. The van der Waals surface area contributed by atoms with Crippen LogP contribution in [-0.4, -0.2) is 139 Å². The van der Waals surface area contributed by atoms with Gasteiger partial charge >= 0.3 is 0 Å². The Balaban J connectivity index is 0.000000123. The summed E-state index contributed by atoms with van der Waals surface area (Å²) in [6.07, 6.45) is 21.1. The Hall–Kier alpha value is -10.7. The zero-order valence-electron chi connectivity index (χ0n) is 52.2. The first-order valence-electron chi connectivity index (χ1n) is 32.1. The van der Waals surface area contributed by atoms with Gasteiger partial charge in [-0.1, -0.05) is 69.8 Å². The molecule has 0 spiro atoms. The number of piperazine rings is 3. The zero-order chi connectivity index (χ0) is 63.4. The van der Waals surface area contributed by atoms with Crippen molar-refractivity contribution < 1.29 is 10.2 Å². The van der Waals surface area contributed by atoms with Crippen molar-refractivity contribution in [2.24, 2.45) is 0 Å². The number of hydrogen-bond donors (Lipinski definition) is 3. The summed E-state index contributed by atoms with van der Waals surface area (Å²) < 4.78 is 4.86. The average Bonchev–Trinajstić information content (AvgIpc) is 1.48. The van der Waals surface area contributed by atoms with Crippen molar-refractivity contribution in [3.8, 4) is 63.1 Å². The highest BCUT2D eigenvalue weighted by Crippen LogP contribution is 2.40. The zero-order valence-corrected chi connectivity index (χ0v) is 52.2. The van der Waals surface area contributed by atoms with E-state index in [0.717, 1.165) is 127 Å². The van der Waals surface area contributed by atoms with E-state index in [4.69, 9.17) is 9.97 Å². The first-order valence-corrected chi connectivity index (χ1v) is 32.1. The van der Waals surface area contributed by atoms with Crippen LogP contribution in [0.2, 0.25) is 0 Å². The van der Waals surface area contributed by atoms with Crippen LogP contribution in [0.1, 0.15) is 85.0 Å². The van der Waals surface area contributed by atoms with E-state index >= 15 is 0 Å². The minimum Gasteiger partial charge on any atom is -0.506 e. The molecule has 6 unspecified atom stereocenters. The summed E-state index contributed by atoms with van der Waals surface area (Å²) in [6, 6.07) is 45.8. The Morgan fingerprint density at radius 2 is 0.787 bits per heavy atom. The Morgan fingerprint density at radius 3 is 1.13 bits per heavy atom. The summed E-state index contributed by atoms with van der Waals surface area (Å²) in [5.74, 6) is 3.16. The van der Waals surface area contributed by atoms with Gasteiger partial charge in [-0.15, -0.1) is 0 Å². The SMILES string of the molecule is C.CCc1ccc(CN2C3CC2CN(c2ccc(-c4cc(C)cn5ncc(C#N)c45)cn2)C3)cc1.CCc1ccc(CN2C3CC2CN(c2ccc(-c4cc(O)cn5ncc(C#N)c45)cn2)C3)cc1.N#Cc1cnn2cc(O)cc(-c3ccc(N4CC5CC(C4)N5)nc3)c12. The predicted octanol–water partition coefficient (Wildman–Crippen LogP) is 10.8. The molecule has 9 saturated heterocycles. The molecule has 2 aromatic carbocycles. The summed E-state index contributed by atoms with van der Waals surface area (Å²) in [6.45, 7) is 14.5. The fourth-order valence-electron chi connectivity index (χ4n) is 14.7. The lowest BCUT2D eigenvalue weighted by atomic mass is 9.86. The average molecular weight is 1250 g/mol. The fourth-order valence-corrected chi connectivity index (χ4v) is 14.7. The van der Waals surface area contributed by atoms with Gasteiger partial charge in [-0.05, 0) is 121 Å². The summed E-state index contributed by atoms with van der Waals surface area (Å²) in [5, 5.41) is 64.6. The molecule has 0 amide bonds. The lowest BCUT2D eigenvalue weighted by Gasteiger charge is -2.56. The van der Waals surface area contributed by atoms with E-state index < -0.39 is 0 Å². The Morgan fingerprint density at radius 1 is 0.447 bits per heavy atom. The van der Waals surface area contributed by atoms with Crippen LogP contribution in [0.5, 0.6) is 11.5 Å². The molecule has 3 N–H and O–H groups in total. The third-order valence-electron chi connectivity index (χ3n) is 19.7.